The van der Waals surface area contributed by atoms with Crippen LogP contribution in [0.3, 0.4) is 0 Å². The van der Waals surface area contributed by atoms with Crippen molar-refractivity contribution in [3.63, 3.8) is 0 Å². The van der Waals surface area contributed by atoms with E-state index >= 15 is 0 Å². The molecule has 19 heavy (non-hydrogen) atoms. The Balaban J connectivity index is 2.22. The van der Waals surface area contributed by atoms with Gasteiger partial charge in [-0.2, -0.15) is 0 Å². The van der Waals surface area contributed by atoms with Gasteiger partial charge in [-0.25, -0.2) is 4.39 Å². The summed E-state index contributed by atoms with van der Waals surface area (Å²) in [5, 5.41) is 0.104. The first kappa shape index (κ1) is 14.5. The Kier molecular flexibility index (Phi) is 4.93. The Morgan fingerprint density at radius 3 is 2.68 bits per heavy atom. The smallest absolute Gasteiger partial charge is 0.141 e. The fraction of sp³-hybridized carbons (Fsp3) is 0.143. The molecule has 2 aromatic rings. The average Bonchev–Trinajstić information content (AvgIpc) is 2.39. The van der Waals surface area contributed by atoms with Crippen molar-refractivity contribution in [3.05, 3.63) is 68.9 Å². The van der Waals surface area contributed by atoms with E-state index in [9.17, 15) is 4.39 Å². The highest BCUT2D eigenvalue weighted by atomic mass is 79.9. The van der Waals surface area contributed by atoms with Gasteiger partial charge in [0.1, 0.15) is 5.82 Å². The molecule has 0 heterocycles. The van der Waals surface area contributed by atoms with Crippen molar-refractivity contribution in [2.24, 2.45) is 5.84 Å². The minimum atomic E-state index is -0.427. The molecule has 0 aliphatic carbocycles. The van der Waals surface area contributed by atoms with E-state index in [4.69, 9.17) is 17.4 Å². The van der Waals surface area contributed by atoms with Gasteiger partial charge in [0.05, 0.1) is 11.1 Å². The normalized spacial score (nSPS) is 12.4. The van der Waals surface area contributed by atoms with Gasteiger partial charge >= 0.3 is 0 Å². The van der Waals surface area contributed by atoms with Crippen molar-refractivity contribution in [2.75, 3.05) is 0 Å². The molecule has 0 spiro atoms. The van der Waals surface area contributed by atoms with Crippen molar-refractivity contribution >= 4 is 27.5 Å². The number of rotatable bonds is 4. The number of hydrogen-bond acceptors (Lipinski definition) is 2. The van der Waals surface area contributed by atoms with Gasteiger partial charge < -0.3 is 0 Å². The van der Waals surface area contributed by atoms with Crippen LogP contribution in [0.4, 0.5) is 4.39 Å². The summed E-state index contributed by atoms with van der Waals surface area (Å²) in [7, 11) is 0. The first-order valence-corrected chi connectivity index (χ1v) is 6.93. The second-order valence-electron chi connectivity index (χ2n) is 4.23. The van der Waals surface area contributed by atoms with Crippen LogP contribution in [-0.2, 0) is 6.42 Å². The number of nitrogens with one attached hydrogen (secondary N) is 1. The lowest BCUT2D eigenvalue weighted by atomic mass is 9.99. The van der Waals surface area contributed by atoms with Gasteiger partial charge in [0, 0.05) is 4.47 Å². The maximum Gasteiger partial charge on any atom is 0.141 e. The van der Waals surface area contributed by atoms with Gasteiger partial charge in [0.25, 0.3) is 0 Å². The van der Waals surface area contributed by atoms with Crippen molar-refractivity contribution < 1.29 is 4.39 Å². The molecule has 0 saturated carbocycles. The fourth-order valence-electron chi connectivity index (χ4n) is 1.90. The van der Waals surface area contributed by atoms with Crippen LogP contribution in [0.2, 0.25) is 5.02 Å². The first-order valence-electron chi connectivity index (χ1n) is 5.75. The van der Waals surface area contributed by atoms with Crippen LogP contribution in [0.25, 0.3) is 0 Å². The summed E-state index contributed by atoms with van der Waals surface area (Å²) in [6.07, 6.45) is 0.692. The van der Waals surface area contributed by atoms with E-state index in [0.717, 1.165) is 15.6 Å². The van der Waals surface area contributed by atoms with Crippen LogP contribution in [0.5, 0.6) is 0 Å². The second-order valence-corrected chi connectivity index (χ2v) is 5.55. The minimum absolute atomic E-state index is 0.104. The molecule has 0 radical (unpaired) electrons. The molecule has 1 atom stereocenters. The third-order valence-corrected chi connectivity index (χ3v) is 3.66. The molecule has 3 N–H and O–H groups in total. The largest absolute Gasteiger partial charge is 0.271 e. The summed E-state index contributed by atoms with van der Waals surface area (Å²) in [5.41, 5.74) is 4.71. The molecule has 0 saturated heterocycles. The Morgan fingerprint density at radius 2 is 2.05 bits per heavy atom. The third-order valence-electron chi connectivity index (χ3n) is 2.88. The van der Waals surface area contributed by atoms with E-state index in [2.05, 4.69) is 21.4 Å². The Hall–Kier alpha value is -0.940. The maximum atomic E-state index is 13.2. The molecule has 5 heteroatoms. The van der Waals surface area contributed by atoms with E-state index in [1.807, 2.05) is 24.3 Å². The third kappa shape index (κ3) is 3.76. The Labute approximate surface area is 124 Å². The van der Waals surface area contributed by atoms with Gasteiger partial charge in [-0.15, -0.1) is 0 Å². The highest BCUT2D eigenvalue weighted by Gasteiger charge is 2.12. The predicted molar refractivity (Wildman–Crippen MR) is 79.3 cm³/mol. The zero-order valence-electron chi connectivity index (χ0n) is 10.0. The Bertz CT molecular complexity index is 577. The lowest BCUT2D eigenvalue weighted by molar-refractivity contribution is 0.549. The number of nitrogens with two attached hydrogens (primary N) is 1. The van der Waals surface area contributed by atoms with Crippen LogP contribution in [0.1, 0.15) is 17.2 Å². The zero-order chi connectivity index (χ0) is 13.8. The molecule has 2 nitrogen and oxygen atoms in total. The predicted octanol–water partition coefficient (Wildman–Crippen LogP) is 3.99. The van der Waals surface area contributed by atoms with Gasteiger partial charge in [-0.05, 0) is 41.8 Å². The maximum absolute atomic E-state index is 13.2. The molecular weight excluding hydrogens is 331 g/mol. The van der Waals surface area contributed by atoms with Crippen molar-refractivity contribution in [3.8, 4) is 0 Å². The standard InChI is InChI=1S/C14H13BrClFN2/c15-11-3-1-2-9(6-11)7-14(19-18)10-4-5-13(17)12(16)8-10/h1-6,8,14,19H,7,18H2. The van der Waals surface area contributed by atoms with Crippen LogP contribution in [0, 0.1) is 5.82 Å². The van der Waals surface area contributed by atoms with Crippen LogP contribution >= 0.6 is 27.5 Å². The Morgan fingerprint density at radius 1 is 1.26 bits per heavy atom. The lowest BCUT2D eigenvalue weighted by Crippen LogP contribution is -2.29. The average molecular weight is 344 g/mol. The number of benzene rings is 2. The lowest BCUT2D eigenvalue weighted by Gasteiger charge is -2.17. The molecule has 100 valence electrons. The van der Waals surface area contributed by atoms with Gasteiger partial charge in [0.2, 0.25) is 0 Å². The van der Waals surface area contributed by atoms with Crippen LogP contribution < -0.4 is 11.3 Å². The molecule has 1 unspecified atom stereocenters. The number of hydrogen-bond donors (Lipinski definition) is 2. The van der Waals surface area contributed by atoms with Gasteiger partial charge in [0.15, 0.2) is 0 Å². The zero-order valence-corrected chi connectivity index (χ0v) is 12.4. The SMILES string of the molecule is NNC(Cc1cccc(Br)c1)c1ccc(F)c(Cl)c1. The molecule has 0 fully saturated rings. The quantitative estimate of drug-likeness (QED) is 0.651. The molecule has 0 bridgehead atoms. The number of halogens is 3. The van der Waals surface area contributed by atoms with Gasteiger partial charge in [-0.1, -0.05) is 45.7 Å². The van der Waals surface area contributed by atoms with Crippen molar-refractivity contribution in [2.45, 2.75) is 12.5 Å². The molecular formula is C14H13BrClFN2. The number of hydrazine groups is 1. The van der Waals surface area contributed by atoms with E-state index in [1.165, 1.54) is 6.07 Å². The molecule has 2 aromatic carbocycles. The fourth-order valence-corrected chi connectivity index (χ4v) is 2.54. The summed E-state index contributed by atoms with van der Waals surface area (Å²) in [6, 6.07) is 12.5. The molecule has 0 aliphatic heterocycles. The van der Waals surface area contributed by atoms with E-state index in [1.54, 1.807) is 12.1 Å². The van der Waals surface area contributed by atoms with Crippen LogP contribution in [-0.4, -0.2) is 0 Å². The summed E-state index contributed by atoms with van der Waals surface area (Å²) < 4.78 is 14.2. The monoisotopic (exact) mass is 342 g/mol. The molecule has 0 aromatic heterocycles. The second kappa shape index (κ2) is 6.48. The minimum Gasteiger partial charge on any atom is -0.271 e. The summed E-state index contributed by atoms with van der Waals surface area (Å²) in [6.45, 7) is 0. The van der Waals surface area contributed by atoms with Crippen molar-refractivity contribution in [1.29, 1.82) is 0 Å². The highest BCUT2D eigenvalue weighted by molar-refractivity contribution is 9.10. The van der Waals surface area contributed by atoms with Crippen LogP contribution in [0.15, 0.2) is 46.9 Å². The first-order chi connectivity index (χ1) is 9.10. The van der Waals surface area contributed by atoms with E-state index in [-0.39, 0.29) is 11.1 Å². The topological polar surface area (TPSA) is 38.0 Å². The molecule has 2 rings (SSSR count). The summed E-state index contributed by atoms with van der Waals surface area (Å²) in [4.78, 5) is 0. The molecule has 0 amide bonds. The van der Waals surface area contributed by atoms with Crippen molar-refractivity contribution in [1.82, 2.24) is 5.43 Å². The summed E-state index contributed by atoms with van der Waals surface area (Å²) >= 11 is 9.22. The van der Waals surface area contributed by atoms with Gasteiger partial charge in [-0.3, -0.25) is 11.3 Å². The van der Waals surface area contributed by atoms with E-state index < -0.39 is 5.82 Å². The highest BCUT2D eigenvalue weighted by Crippen LogP contribution is 2.24. The van der Waals surface area contributed by atoms with E-state index in [0.29, 0.717) is 6.42 Å². The molecule has 0 aliphatic rings. The summed E-state index contributed by atoms with van der Waals surface area (Å²) in [5.74, 6) is 5.15.